The number of nitrogens with one attached hydrogen (secondary N) is 2. The van der Waals surface area contributed by atoms with Crippen molar-refractivity contribution in [3.63, 3.8) is 0 Å². The van der Waals surface area contributed by atoms with Gasteiger partial charge in [-0.25, -0.2) is 4.39 Å². The number of hydrogen-bond acceptors (Lipinski definition) is 5. The highest BCUT2D eigenvalue weighted by atomic mass is 35.5. The number of benzene rings is 2. The van der Waals surface area contributed by atoms with E-state index in [2.05, 4.69) is 25.7 Å². The molecule has 8 heteroatoms. The summed E-state index contributed by atoms with van der Waals surface area (Å²) in [7, 11) is 0. The molecule has 0 amide bonds. The summed E-state index contributed by atoms with van der Waals surface area (Å²) in [6.07, 6.45) is 1.67. The summed E-state index contributed by atoms with van der Waals surface area (Å²) < 4.78 is 19.0. The van der Waals surface area contributed by atoms with Crippen molar-refractivity contribution in [2.75, 3.05) is 5.32 Å². The molecule has 2 N–H and O–H groups in total. The third kappa shape index (κ3) is 3.06. The molecule has 126 valence electrons. The van der Waals surface area contributed by atoms with Crippen molar-refractivity contribution < 1.29 is 8.81 Å². The van der Waals surface area contributed by atoms with Crippen LogP contribution in [0.15, 0.2) is 47.0 Å². The van der Waals surface area contributed by atoms with E-state index in [0.29, 0.717) is 16.5 Å². The Bertz CT molecular complexity index is 1040. The molecule has 2 aromatic carbocycles. The SMILES string of the molecule is C[C@@H](Nc1nnc(-c2cc(Cl)c3[nH]ncc3c2)o1)c1cccc(F)c1. The van der Waals surface area contributed by atoms with E-state index in [4.69, 9.17) is 16.0 Å². The molecule has 0 saturated heterocycles. The Morgan fingerprint density at radius 2 is 2.12 bits per heavy atom. The number of aromatic nitrogens is 4. The van der Waals surface area contributed by atoms with Gasteiger partial charge in [-0.3, -0.25) is 5.10 Å². The summed E-state index contributed by atoms with van der Waals surface area (Å²) in [6, 6.07) is 9.99. The van der Waals surface area contributed by atoms with Crippen molar-refractivity contribution in [3.8, 4) is 11.5 Å². The molecule has 0 saturated carbocycles. The molecule has 25 heavy (non-hydrogen) atoms. The van der Waals surface area contributed by atoms with Crippen LogP contribution < -0.4 is 5.32 Å². The van der Waals surface area contributed by atoms with Gasteiger partial charge in [0, 0.05) is 10.9 Å². The van der Waals surface area contributed by atoms with E-state index in [0.717, 1.165) is 16.5 Å². The number of aromatic amines is 1. The van der Waals surface area contributed by atoms with Crippen LogP contribution in [0.25, 0.3) is 22.4 Å². The molecular formula is C17H13ClFN5O. The Labute approximate surface area is 147 Å². The monoisotopic (exact) mass is 357 g/mol. The number of rotatable bonds is 4. The van der Waals surface area contributed by atoms with Crippen molar-refractivity contribution in [1.29, 1.82) is 0 Å². The maximum atomic E-state index is 13.3. The molecule has 0 unspecified atom stereocenters. The quantitative estimate of drug-likeness (QED) is 0.559. The minimum atomic E-state index is -0.291. The Hall–Kier alpha value is -2.93. The first-order valence-electron chi connectivity index (χ1n) is 7.58. The van der Waals surface area contributed by atoms with Crippen molar-refractivity contribution in [2.45, 2.75) is 13.0 Å². The lowest BCUT2D eigenvalue weighted by Gasteiger charge is -2.11. The van der Waals surface area contributed by atoms with Gasteiger partial charge >= 0.3 is 6.01 Å². The first-order valence-corrected chi connectivity index (χ1v) is 7.96. The van der Waals surface area contributed by atoms with Gasteiger partial charge in [-0.1, -0.05) is 28.8 Å². The van der Waals surface area contributed by atoms with E-state index < -0.39 is 0 Å². The number of H-pyrrole nitrogens is 1. The molecule has 6 nitrogen and oxygen atoms in total. The van der Waals surface area contributed by atoms with Crippen molar-refractivity contribution in [2.24, 2.45) is 0 Å². The van der Waals surface area contributed by atoms with Crippen LogP contribution in [0, 0.1) is 5.82 Å². The van der Waals surface area contributed by atoms with Gasteiger partial charge in [0.2, 0.25) is 5.89 Å². The lowest BCUT2D eigenvalue weighted by molar-refractivity contribution is 0.572. The molecule has 0 aliphatic carbocycles. The van der Waals surface area contributed by atoms with Crippen LogP contribution in [0.3, 0.4) is 0 Å². The van der Waals surface area contributed by atoms with Crippen LogP contribution in [0.1, 0.15) is 18.5 Å². The minimum Gasteiger partial charge on any atom is -0.403 e. The zero-order valence-corrected chi connectivity index (χ0v) is 13.9. The zero-order valence-electron chi connectivity index (χ0n) is 13.1. The lowest BCUT2D eigenvalue weighted by Crippen LogP contribution is -2.07. The molecule has 0 spiro atoms. The summed E-state index contributed by atoms with van der Waals surface area (Å²) in [6.45, 7) is 1.88. The van der Waals surface area contributed by atoms with Gasteiger partial charge in [0.25, 0.3) is 0 Å². The lowest BCUT2D eigenvalue weighted by atomic mass is 10.1. The fraction of sp³-hybridized carbons (Fsp3) is 0.118. The van der Waals surface area contributed by atoms with Crippen LogP contribution in [-0.2, 0) is 0 Å². The van der Waals surface area contributed by atoms with Crippen molar-refractivity contribution in [3.05, 3.63) is 59.0 Å². The predicted octanol–water partition coefficient (Wildman–Crippen LogP) is 4.58. The molecule has 4 rings (SSSR count). The Morgan fingerprint density at radius 3 is 2.96 bits per heavy atom. The third-order valence-electron chi connectivity index (χ3n) is 3.86. The second-order valence-corrected chi connectivity index (χ2v) is 6.03. The summed E-state index contributed by atoms with van der Waals surface area (Å²) in [4.78, 5) is 0. The van der Waals surface area contributed by atoms with E-state index in [1.807, 2.05) is 19.1 Å². The fourth-order valence-corrected chi connectivity index (χ4v) is 2.85. The normalized spacial score (nSPS) is 12.4. The molecule has 0 fully saturated rings. The average molecular weight is 358 g/mol. The number of fused-ring (bicyclic) bond motifs is 1. The van der Waals surface area contributed by atoms with Crippen LogP contribution in [0.2, 0.25) is 5.02 Å². The highest BCUT2D eigenvalue weighted by Crippen LogP contribution is 2.30. The number of anilines is 1. The van der Waals surface area contributed by atoms with E-state index in [9.17, 15) is 4.39 Å². The summed E-state index contributed by atoms with van der Waals surface area (Å²) in [5.74, 6) is 0.0411. The molecule has 0 aliphatic rings. The maximum Gasteiger partial charge on any atom is 0.316 e. The molecule has 2 heterocycles. The predicted molar refractivity (Wildman–Crippen MR) is 92.8 cm³/mol. The van der Waals surface area contributed by atoms with Gasteiger partial charge in [-0.05, 0) is 36.8 Å². The highest BCUT2D eigenvalue weighted by Gasteiger charge is 2.14. The molecule has 4 aromatic rings. The summed E-state index contributed by atoms with van der Waals surface area (Å²) in [5.41, 5.74) is 2.23. The second-order valence-electron chi connectivity index (χ2n) is 5.63. The van der Waals surface area contributed by atoms with Gasteiger partial charge in [-0.15, -0.1) is 5.10 Å². The minimum absolute atomic E-state index is 0.191. The van der Waals surface area contributed by atoms with Crippen LogP contribution >= 0.6 is 11.6 Å². The van der Waals surface area contributed by atoms with E-state index >= 15 is 0 Å². The molecule has 2 aromatic heterocycles. The van der Waals surface area contributed by atoms with Gasteiger partial charge in [0.1, 0.15) is 5.82 Å². The average Bonchev–Trinajstić information content (AvgIpc) is 3.24. The van der Waals surface area contributed by atoms with Gasteiger partial charge in [0.05, 0.1) is 22.8 Å². The van der Waals surface area contributed by atoms with Crippen molar-refractivity contribution >= 4 is 28.5 Å². The summed E-state index contributed by atoms with van der Waals surface area (Å²) >= 11 is 6.23. The highest BCUT2D eigenvalue weighted by molar-refractivity contribution is 6.35. The molecule has 0 bridgehead atoms. The Morgan fingerprint density at radius 1 is 1.24 bits per heavy atom. The second kappa shape index (κ2) is 6.18. The maximum absolute atomic E-state index is 13.3. The molecule has 0 radical (unpaired) electrons. The van der Waals surface area contributed by atoms with Gasteiger partial charge in [-0.2, -0.15) is 5.10 Å². The summed E-state index contributed by atoms with van der Waals surface area (Å²) in [5, 5.41) is 19.3. The van der Waals surface area contributed by atoms with Crippen LogP contribution in [0.4, 0.5) is 10.4 Å². The number of nitrogens with zero attached hydrogens (tertiary/aromatic N) is 3. The molecule has 1 atom stereocenters. The number of hydrogen-bond donors (Lipinski definition) is 2. The van der Waals surface area contributed by atoms with Crippen LogP contribution in [-0.4, -0.2) is 20.4 Å². The van der Waals surface area contributed by atoms with Gasteiger partial charge in [0.15, 0.2) is 0 Å². The molecule has 0 aliphatic heterocycles. The Kier molecular flexibility index (Phi) is 3.85. The fourth-order valence-electron chi connectivity index (χ4n) is 2.58. The molecular weight excluding hydrogens is 345 g/mol. The standard InChI is InChI=1S/C17H13ClFN5O/c1-9(10-3-2-4-13(19)6-10)21-17-24-23-16(25-17)11-5-12-8-20-22-15(12)14(18)7-11/h2-9H,1H3,(H,20,22)(H,21,24)/t9-/m1/s1. The van der Waals surface area contributed by atoms with Crippen molar-refractivity contribution in [1.82, 2.24) is 20.4 Å². The van der Waals surface area contributed by atoms with Gasteiger partial charge < -0.3 is 9.73 Å². The van der Waals surface area contributed by atoms with E-state index in [1.165, 1.54) is 12.1 Å². The zero-order chi connectivity index (χ0) is 17.4. The third-order valence-corrected chi connectivity index (χ3v) is 4.16. The Balaban J connectivity index is 1.59. The number of halogens is 2. The first kappa shape index (κ1) is 15.6. The smallest absolute Gasteiger partial charge is 0.316 e. The largest absolute Gasteiger partial charge is 0.403 e. The van der Waals surface area contributed by atoms with E-state index in [1.54, 1.807) is 18.3 Å². The topological polar surface area (TPSA) is 79.6 Å². The first-order chi connectivity index (χ1) is 12.1. The van der Waals surface area contributed by atoms with Crippen LogP contribution in [0.5, 0.6) is 0 Å². The van der Waals surface area contributed by atoms with E-state index in [-0.39, 0.29) is 17.9 Å².